The number of benzene rings is 2. The number of rotatable bonds is 3. The van der Waals surface area contributed by atoms with Crippen LogP contribution in [-0.4, -0.2) is 28.5 Å². The lowest BCUT2D eigenvalue weighted by Gasteiger charge is -2.15. The van der Waals surface area contributed by atoms with Gasteiger partial charge in [0.15, 0.2) is 16.7 Å². The van der Waals surface area contributed by atoms with Gasteiger partial charge in [0.1, 0.15) is 5.75 Å². The van der Waals surface area contributed by atoms with E-state index in [0.717, 1.165) is 39.3 Å². The number of nitrogens with one attached hydrogen (secondary N) is 1. The van der Waals surface area contributed by atoms with Crippen LogP contribution in [0.1, 0.15) is 11.1 Å². The first kappa shape index (κ1) is 14.9. The van der Waals surface area contributed by atoms with Crippen LogP contribution in [0.3, 0.4) is 0 Å². The van der Waals surface area contributed by atoms with Crippen molar-refractivity contribution in [3.05, 3.63) is 53.6 Å². The predicted octanol–water partition coefficient (Wildman–Crippen LogP) is 2.72. The summed E-state index contributed by atoms with van der Waals surface area (Å²) in [6.45, 7) is 0.829. The van der Waals surface area contributed by atoms with Crippen LogP contribution in [0, 0.1) is 0 Å². The van der Waals surface area contributed by atoms with Crippen LogP contribution < -0.4 is 14.9 Å². The molecule has 2 aromatic carbocycles. The third-order valence-corrected chi connectivity index (χ3v) is 4.59. The van der Waals surface area contributed by atoms with Crippen LogP contribution in [0.4, 0.5) is 0 Å². The van der Waals surface area contributed by atoms with Crippen LogP contribution in [-0.2, 0) is 6.54 Å². The molecule has 122 valence electrons. The number of phenols is 1. The summed E-state index contributed by atoms with van der Waals surface area (Å²) in [5.41, 5.74) is 5.97. The first-order chi connectivity index (χ1) is 11.8. The van der Waals surface area contributed by atoms with Crippen LogP contribution >= 0.6 is 11.8 Å². The molecule has 7 heteroatoms. The Kier molecular flexibility index (Phi) is 4.00. The van der Waals surface area contributed by atoms with Gasteiger partial charge in [-0.1, -0.05) is 17.8 Å². The highest BCUT2D eigenvalue weighted by Crippen LogP contribution is 2.32. The average Bonchev–Trinajstić information content (AvgIpc) is 3.09. The molecule has 2 N–H and O–H groups in total. The second-order valence-corrected chi connectivity index (χ2v) is 6.28. The fraction of sp³-hybridized carbons (Fsp3) is 0.176. The van der Waals surface area contributed by atoms with Gasteiger partial charge in [-0.25, -0.2) is 0 Å². The Morgan fingerprint density at radius 2 is 1.96 bits per heavy atom. The maximum Gasteiger partial charge on any atom is 0.231 e. The second-order valence-electron chi connectivity index (χ2n) is 5.31. The molecule has 0 fully saturated rings. The standard InChI is InChI=1S/C17H15N3O3S/c21-13-4-2-12(3-5-13)14-9-24-17(20-19-14)18-8-11-1-6-15-16(7-11)23-10-22-15/h1-7,21H,8-10H2,(H,18,20). The van der Waals surface area contributed by atoms with Gasteiger partial charge in [-0.3, -0.25) is 10.4 Å². The quantitative estimate of drug-likeness (QED) is 0.898. The van der Waals surface area contributed by atoms with Gasteiger partial charge in [0.2, 0.25) is 6.79 Å². The molecule has 0 saturated heterocycles. The number of nitrogens with zero attached hydrogens (tertiary/aromatic N) is 2. The molecule has 0 atom stereocenters. The van der Waals surface area contributed by atoms with Crippen LogP contribution in [0.2, 0.25) is 0 Å². The molecular formula is C17H15N3O3S. The van der Waals surface area contributed by atoms with Crippen molar-refractivity contribution in [1.29, 1.82) is 0 Å². The lowest BCUT2D eigenvalue weighted by molar-refractivity contribution is 0.174. The molecule has 0 saturated carbocycles. The van der Waals surface area contributed by atoms with Gasteiger partial charge in [-0.2, -0.15) is 5.10 Å². The third kappa shape index (κ3) is 3.16. The molecule has 2 aliphatic heterocycles. The van der Waals surface area contributed by atoms with Crippen molar-refractivity contribution in [3.8, 4) is 17.2 Å². The van der Waals surface area contributed by atoms with E-state index in [2.05, 4.69) is 15.5 Å². The van der Waals surface area contributed by atoms with E-state index in [9.17, 15) is 5.11 Å². The Morgan fingerprint density at radius 1 is 1.12 bits per heavy atom. The summed E-state index contributed by atoms with van der Waals surface area (Å²) in [4.78, 5) is 4.55. The Hall–Kier alpha value is -2.67. The van der Waals surface area contributed by atoms with Crippen molar-refractivity contribution in [1.82, 2.24) is 5.43 Å². The van der Waals surface area contributed by atoms with Crippen molar-refractivity contribution in [2.75, 3.05) is 12.5 Å². The van der Waals surface area contributed by atoms with Gasteiger partial charge in [0, 0.05) is 5.75 Å². The van der Waals surface area contributed by atoms with Crippen molar-refractivity contribution in [3.63, 3.8) is 0 Å². The van der Waals surface area contributed by atoms with E-state index in [1.807, 2.05) is 30.3 Å². The predicted molar refractivity (Wildman–Crippen MR) is 93.9 cm³/mol. The van der Waals surface area contributed by atoms with E-state index in [1.54, 1.807) is 23.9 Å². The molecule has 0 aliphatic carbocycles. The topological polar surface area (TPSA) is 75.4 Å². The van der Waals surface area contributed by atoms with Crippen molar-refractivity contribution >= 4 is 22.6 Å². The molecule has 0 spiro atoms. The Morgan fingerprint density at radius 3 is 2.75 bits per heavy atom. The largest absolute Gasteiger partial charge is 0.508 e. The first-order valence-electron chi connectivity index (χ1n) is 7.46. The minimum atomic E-state index is 0.252. The summed E-state index contributed by atoms with van der Waals surface area (Å²) >= 11 is 1.60. The highest BCUT2D eigenvalue weighted by molar-refractivity contribution is 8.14. The zero-order valence-corrected chi connectivity index (χ0v) is 13.5. The van der Waals surface area contributed by atoms with Gasteiger partial charge >= 0.3 is 0 Å². The molecule has 0 bridgehead atoms. The summed E-state index contributed by atoms with van der Waals surface area (Å²) in [5, 5.41) is 14.5. The van der Waals surface area contributed by atoms with E-state index >= 15 is 0 Å². The molecule has 4 rings (SSSR count). The first-order valence-corrected chi connectivity index (χ1v) is 8.44. The number of aromatic hydroxyl groups is 1. The fourth-order valence-electron chi connectivity index (χ4n) is 2.40. The minimum Gasteiger partial charge on any atom is -0.508 e. The number of hydrogen-bond acceptors (Lipinski definition) is 6. The summed E-state index contributed by atoms with van der Waals surface area (Å²) < 4.78 is 10.7. The van der Waals surface area contributed by atoms with E-state index in [1.165, 1.54) is 0 Å². The zero-order chi connectivity index (χ0) is 16.4. The molecule has 0 radical (unpaired) electrons. The lowest BCUT2D eigenvalue weighted by atomic mass is 10.1. The highest BCUT2D eigenvalue weighted by Gasteiger charge is 2.15. The summed E-state index contributed by atoms with van der Waals surface area (Å²) in [7, 11) is 0. The molecule has 2 heterocycles. The van der Waals surface area contributed by atoms with Crippen molar-refractivity contribution in [2.45, 2.75) is 6.54 Å². The molecule has 2 aromatic rings. The molecule has 6 nitrogen and oxygen atoms in total. The number of amidine groups is 1. The number of ether oxygens (including phenoxy) is 2. The maximum atomic E-state index is 9.34. The number of fused-ring (bicyclic) bond motifs is 1. The lowest BCUT2D eigenvalue weighted by Crippen LogP contribution is -2.25. The average molecular weight is 341 g/mol. The molecule has 2 aliphatic rings. The van der Waals surface area contributed by atoms with Gasteiger partial charge in [0.25, 0.3) is 0 Å². The Balaban J connectivity index is 1.41. The van der Waals surface area contributed by atoms with E-state index < -0.39 is 0 Å². The van der Waals surface area contributed by atoms with Crippen LogP contribution in [0.5, 0.6) is 17.2 Å². The Bertz CT molecular complexity index is 818. The molecule has 0 unspecified atom stereocenters. The molecule has 0 aromatic heterocycles. The number of hydrogen-bond donors (Lipinski definition) is 2. The second kappa shape index (κ2) is 6.45. The fourth-order valence-corrected chi connectivity index (χ4v) is 3.17. The highest BCUT2D eigenvalue weighted by atomic mass is 32.2. The van der Waals surface area contributed by atoms with E-state index in [-0.39, 0.29) is 12.5 Å². The smallest absolute Gasteiger partial charge is 0.231 e. The van der Waals surface area contributed by atoms with Gasteiger partial charge in [0.05, 0.1) is 12.3 Å². The van der Waals surface area contributed by atoms with Crippen LogP contribution in [0.15, 0.2) is 52.6 Å². The van der Waals surface area contributed by atoms with Crippen molar-refractivity contribution < 1.29 is 14.6 Å². The van der Waals surface area contributed by atoms with E-state index in [0.29, 0.717) is 6.54 Å². The number of phenolic OH excluding ortho intramolecular Hbond substituents is 1. The summed E-state index contributed by atoms with van der Waals surface area (Å²) in [6, 6.07) is 12.9. The van der Waals surface area contributed by atoms with Crippen LogP contribution in [0.25, 0.3) is 0 Å². The molecule has 0 amide bonds. The summed E-state index contributed by atoms with van der Waals surface area (Å²) in [5.74, 6) is 2.53. The normalized spacial score (nSPS) is 17.5. The Labute approximate surface area is 143 Å². The van der Waals surface area contributed by atoms with Gasteiger partial charge in [-0.15, -0.1) is 0 Å². The third-order valence-electron chi connectivity index (χ3n) is 3.67. The summed E-state index contributed by atoms with van der Waals surface area (Å²) in [6.07, 6.45) is 0. The number of hydrazone groups is 1. The molecular weight excluding hydrogens is 326 g/mol. The van der Waals surface area contributed by atoms with E-state index in [4.69, 9.17) is 9.47 Å². The monoisotopic (exact) mass is 341 g/mol. The van der Waals surface area contributed by atoms with Crippen molar-refractivity contribution in [2.24, 2.45) is 10.1 Å². The van der Waals surface area contributed by atoms with Gasteiger partial charge < -0.3 is 14.6 Å². The number of thioether (sulfide) groups is 1. The zero-order valence-electron chi connectivity index (χ0n) is 12.7. The maximum absolute atomic E-state index is 9.34. The SMILES string of the molecule is Oc1ccc(C2=NNC(=NCc3ccc4c(c3)OCO4)SC2)cc1. The molecule has 24 heavy (non-hydrogen) atoms. The number of aliphatic imine (C=N–C) groups is 1. The van der Waals surface area contributed by atoms with Gasteiger partial charge in [-0.05, 0) is 47.5 Å². The minimum absolute atomic E-state index is 0.252.